The number of rotatable bonds is 3. The quantitative estimate of drug-likeness (QED) is 0.237. The lowest BCUT2D eigenvalue weighted by atomic mass is 9.90. The molecule has 1 heteroatoms. The molecule has 0 atom stereocenters. The SMILES string of the molecule is c1ccc(Oc2ccc3c4c(-c5ccccc5)c5cccc6c7ccccc7c(c56)c4c4cccc2c34)cc1. The summed E-state index contributed by atoms with van der Waals surface area (Å²) in [5.74, 6) is 1.74. The number of benzene rings is 7. The molecule has 0 aliphatic heterocycles. The zero-order valence-electron chi connectivity index (χ0n) is 21.1. The van der Waals surface area contributed by atoms with Crippen molar-refractivity contribution in [3.8, 4) is 22.6 Å². The molecule has 0 heterocycles. The third kappa shape index (κ3) is 2.74. The maximum Gasteiger partial charge on any atom is 0.135 e. The fourth-order valence-electron chi connectivity index (χ4n) is 6.91. The number of hydrogen-bond donors (Lipinski definition) is 0. The average molecular weight is 495 g/mol. The Hall–Kier alpha value is -5.14. The maximum atomic E-state index is 6.44. The van der Waals surface area contributed by atoms with Crippen molar-refractivity contribution in [1.29, 1.82) is 0 Å². The van der Waals surface area contributed by atoms with Gasteiger partial charge in [-0.25, -0.2) is 0 Å². The van der Waals surface area contributed by atoms with E-state index in [4.69, 9.17) is 4.74 Å². The van der Waals surface area contributed by atoms with Gasteiger partial charge in [0.2, 0.25) is 0 Å². The summed E-state index contributed by atoms with van der Waals surface area (Å²) < 4.78 is 6.44. The number of hydrogen-bond acceptors (Lipinski definition) is 1. The van der Waals surface area contributed by atoms with Crippen LogP contribution in [0.3, 0.4) is 0 Å². The van der Waals surface area contributed by atoms with Crippen molar-refractivity contribution in [3.63, 3.8) is 0 Å². The first-order valence-electron chi connectivity index (χ1n) is 13.5. The van der Waals surface area contributed by atoms with Crippen LogP contribution in [-0.2, 0) is 0 Å². The van der Waals surface area contributed by atoms with Gasteiger partial charge in [-0.1, -0.05) is 109 Å². The van der Waals surface area contributed by atoms with Crippen LogP contribution in [0.2, 0.25) is 0 Å². The lowest BCUT2D eigenvalue weighted by molar-refractivity contribution is 0.488. The largest absolute Gasteiger partial charge is 0.457 e. The molecule has 0 N–H and O–H groups in total. The van der Waals surface area contributed by atoms with Crippen molar-refractivity contribution < 1.29 is 4.74 Å². The Bertz CT molecular complexity index is 2330. The smallest absolute Gasteiger partial charge is 0.135 e. The molecule has 0 saturated heterocycles. The van der Waals surface area contributed by atoms with E-state index >= 15 is 0 Å². The first-order valence-corrected chi connectivity index (χ1v) is 13.5. The lowest BCUT2D eigenvalue weighted by Crippen LogP contribution is -1.86. The van der Waals surface area contributed by atoms with Crippen LogP contribution in [0.25, 0.3) is 75.8 Å². The Kier molecular flexibility index (Phi) is 4.11. The summed E-state index contributed by atoms with van der Waals surface area (Å²) in [5.41, 5.74) is 2.56. The van der Waals surface area contributed by atoms with Gasteiger partial charge in [0, 0.05) is 10.8 Å². The van der Waals surface area contributed by atoms with Crippen molar-refractivity contribution in [3.05, 3.63) is 133 Å². The molecule has 0 aliphatic rings. The van der Waals surface area contributed by atoms with Gasteiger partial charge >= 0.3 is 0 Å². The fraction of sp³-hybridized carbons (Fsp3) is 0. The molecule has 0 aliphatic carbocycles. The molecule has 1 nitrogen and oxygen atoms in total. The minimum absolute atomic E-state index is 0.849. The van der Waals surface area contributed by atoms with Gasteiger partial charge in [0.15, 0.2) is 0 Å². The van der Waals surface area contributed by atoms with Gasteiger partial charge in [0.05, 0.1) is 0 Å². The first kappa shape index (κ1) is 20.9. The second-order valence-corrected chi connectivity index (χ2v) is 10.4. The van der Waals surface area contributed by atoms with Crippen molar-refractivity contribution in [2.45, 2.75) is 0 Å². The molecule has 0 spiro atoms. The third-order valence-corrected chi connectivity index (χ3v) is 8.39. The Morgan fingerprint density at radius 1 is 0.308 bits per heavy atom. The lowest BCUT2D eigenvalue weighted by Gasteiger charge is -2.12. The number of ether oxygens (including phenoxy) is 1. The van der Waals surface area contributed by atoms with Gasteiger partial charge in [0.1, 0.15) is 11.5 Å². The van der Waals surface area contributed by atoms with Crippen LogP contribution in [0.4, 0.5) is 0 Å². The minimum atomic E-state index is 0.849. The van der Waals surface area contributed by atoms with Gasteiger partial charge < -0.3 is 4.74 Å². The van der Waals surface area contributed by atoms with E-state index in [9.17, 15) is 0 Å². The van der Waals surface area contributed by atoms with E-state index < -0.39 is 0 Å². The van der Waals surface area contributed by atoms with E-state index in [-0.39, 0.29) is 0 Å². The van der Waals surface area contributed by atoms with Crippen LogP contribution < -0.4 is 4.74 Å². The molecule has 0 saturated carbocycles. The van der Waals surface area contributed by atoms with E-state index in [1.807, 2.05) is 30.3 Å². The summed E-state index contributed by atoms with van der Waals surface area (Å²) >= 11 is 0. The number of fused-ring (bicyclic) bond motifs is 7. The van der Waals surface area contributed by atoms with E-state index in [0.717, 1.165) is 16.9 Å². The summed E-state index contributed by atoms with van der Waals surface area (Å²) in [6.07, 6.45) is 0. The molecule has 9 aromatic rings. The Morgan fingerprint density at radius 2 is 0.872 bits per heavy atom. The van der Waals surface area contributed by atoms with Crippen LogP contribution >= 0.6 is 0 Å². The topological polar surface area (TPSA) is 9.23 Å². The Balaban J connectivity index is 1.55. The standard InChI is InChI=1S/C38H22O/c1-3-11-23(12-4-1)33-29-19-9-17-26-25-15-7-8-16-27(25)36(35(26)29)38-30-20-10-18-28-32(39-24-13-5-2-6-14-24)22-21-31(34(28)30)37(33)38/h1-22H. The highest BCUT2D eigenvalue weighted by molar-refractivity contribution is 6.48. The highest BCUT2D eigenvalue weighted by Gasteiger charge is 2.25. The highest BCUT2D eigenvalue weighted by atomic mass is 16.5. The summed E-state index contributed by atoms with van der Waals surface area (Å²) in [6, 6.07) is 47.8. The van der Waals surface area contributed by atoms with E-state index in [0.29, 0.717) is 0 Å². The van der Waals surface area contributed by atoms with Crippen LogP contribution in [0.5, 0.6) is 11.5 Å². The molecule has 0 amide bonds. The predicted molar refractivity (Wildman–Crippen MR) is 166 cm³/mol. The van der Waals surface area contributed by atoms with Gasteiger partial charge in [-0.3, -0.25) is 0 Å². The molecule has 0 aromatic heterocycles. The predicted octanol–water partition coefficient (Wildman–Crippen LogP) is 10.9. The number of para-hydroxylation sites is 1. The van der Waals surface area contributed by atoms with Crippen LogP contribution in [0, 0.1) is 0 Å². The van der Waals surface area contributed by atoms with Crippen LogP contribution in [-0.4, -0.2) is 0 Å². The van der Waals surface area contributed by atoms with Crippen LogP contribution in [0.1, 0.15) is 0 Å². The Morgan fingerprint density at radius 3 is 1.69 bits per heavy atom. The second kappa shape index (κ2) is 7.69. The zero-order chi connectivity index (χ0) is 25.5. The molecule has 0 unspecified atom stereocenters. The molecule has 9 rings (SSSR count). The highest BCUT2D eigenvalue weighted by Crippen LogP contribution is 2.53. The molecule has 0 bridgehead atoms. The molecule has 0 radical (unpaired) electrons. The van der Waals surface area contributed by atoms with Gasteiger partial charge in [0.25, 0.3) is 0 Å². The average Bonchev–Trinajstić information content (AvgIpc) is 3.51. The van der Waals surface area contributed by atoms with Crippen molar-refractivity contribution in [2.75, 3.05) is 0 Å². The normalized spacial score (nSPS) is 12.1. The molecular weight excluding hydrogens is 472 g/mol. The molecule has 39 heavy (non-hydrogen) atoms. The fourth-order valence-corrected chi connectivity index (χ4v) is 6.91. The van der Waals surface area contributed by atoms with Crippen molar-refractivity contribution in [2.24, 2.45) is 0 Å². The zero-order valence-corrected chi connectivity index (χ0v) is 21.1. The van der Waals surface area contributed by atoms with Crippen LogP contribution in [0.15, 0.2) is 133 Å². The summed E-state index contributed by atoms with van der Waals surface area (Å²) in [5, 5.41) is 15.7. The monoisotopic (exact) mass is 494 g/mol. The van der Waals surface area contributed by atoms with Gasteiger partial charge in [-0.05, 0) is 89.3 Å². The van der Waals surface area contributed by atoms with Crippen molar-refractivity contribution >= 4 is 64.6 Å². The summed E-state index contributed by atoms with van der Waals surface area (Å²) in [7, 11) is 0. The second-order valence-electron chi connectivity index (χ2n) is 10.4. The van der Waals surface area contributed by atoms with E-state index in [1.165, 1.54) is 70.4 Å². The van der Waals surface area contributed by atoms with E-state index in [2.05, 4.69) is 103 Å². The molecule has 9 aromatic carbocycles. The Labute approximate surface area is 225 Å². The van der Waals surface area contributed by atoms with Gasteiger partial charge in [-0.15, -0.1) is 0 Å². The maximum absolute atomic E-state index is 6.44. The summed E-state index contributed by atoms with van der Waals surface area (Å²) in [6.45, 7) is 0. The van der Waals surface area contributed by atoms with Crippen molar-refractivity contribution in [1.82, 2.24) is 0 Å². The molecule has 180 valence electrons. The van der Waals surface area contributed by atoms with E-state index in [1.54, 1.807) is 0 Å². The minimum Gasteiger partial charge on any atom is -0.457 e. The third-order valence-electron chi connectivity index (χ3n) is 8.39. The summed E-state index contributed by atoms with van der Waals surface area (Å²) in [4.78, 5) is 0. The molecule has 0 fully saturated rings. The molecular formula is C38H22O. The first-order chi connectivity index (χ1) is 19.4. The van der Waals surface area contributed by atoms with Gasteiger partial charge in [-0.2, -0.15) is 0 Å².